The Bertz CT molecular complexity index is 3400. The second-order valence-electron chi connectivity index (χ2n) is 14.0. The average molecular weight is 700 g/mol. The van der Waals surface area contributed by atoms with Crippen molar-refractivity contribution in [2.24, 2.45) is 0 Å². The van der Waals surface area contributed by atoms with Crippen LogP contribution < -0.4 is 0 Å². The third kappa shape index (κ3) is 4.45. The Morgan fingerprint density at radius 1 is 0.345 bits per heavy atom. The molecule has 8 aromatic carbocycles. The summed E-state index contributed by atoms with van der Waals surface area (Å²) in [5, 5.41) is 26.7. The molecule has 0 aliphatic heterocycles. The SMILES string of the molecule is N#Cc1ccc(-c2ccc(-n3c4ccccc4c4cccc(-n5c6ccccc6c6ccccc65)c43)cc2)c(-n2c3ccccc3c3cc(C#N)ccc32)c1. The lowest BCUT2D eigenvalue weighted by molar-refractivity contribution is 1.13. The summed E-state index contributed by atoms with van der Waals surface area (Å²) in [7, 11) is 0. The minimum Gasteiger partial charge on any atom is -0.309 e. The highest BCUT2D eigenvalue weighted by molar-refractivity contribution is 6.15. The number of nitriles is 2. The molecule has 0 amide bonds. The summed E-state index contributed by atoms with van der Waals surface area (Å²) in [6.45, 7) is 0. The maximum absolute atomic E-state index is 10.0. The van der Waals surface area contributed by atoms with Gasteiger partial charge in [0.05, 0.1) is 67.7 Å². The van der Waals surface area contributed by atoms with Gasteiger partial charge in [-0.2, -0.15) is 10.5 Å². The molecule has 0 unspecified atom stereocenters. The quantitative estimate of drug-likeness (QED) is 0.184. The number of benzene rings is 8. The van der Waals surface area contributed by atoms with Crippen LogP contribution in [0, 0.1) is 22.7 Å². The first-order chi connectivity index (χ1) is 27.2. The molecule has 11 aromatic rings. The predicted molar refractivity (Wildman–Crippen MR) is 224 cm³/mol. The van der Waals surface area contributed by atoms with Crippen LogP contribution in [0.3, 0.4) is 0 Å². The van der Waals surface area contributed by atoms with E-state index in [1.807, 2.05) is 48.5 Å². The molecule has 254 valence electrons. The molecule has 55 heavy (non-hydrogen) atoms. The van der Waals surface area contributed by atoms with E-state index in [-0.39, 0.29) is 0 Å². The van der Waals surface area contributed by atoms with Crippen LogP contribution in [0.5, 0.6) is 0 Å². The number of para-hydroxylation sites is 5. The lowest BCUT2D eigenvalue weighted by Crippen LogP contribution is -2.01. The summed E-state index contributed by atoms with van der Waals surface area (Å²) in [5.74, 6) is 0. The molecule has 3 heterocycles. The molecule has 0 saturated carbocycles. The fourth-order valence-electron chi connectivity index (χ4n) is 8.75. The highest BCUT2D eigenvalue weighted by Gasteiger charge is 2.21. The Balaban J connectivity index is 1.14. The summed E-state index contributed by atoms with van der Waals surface area (Å²) < 4.78 is 7.03. The Kier molecular flexibility index (Phi) is 6.61. The van der Waals surface area contributed by atoms with Crippen LogP contribution in [0.15, 0.2) is 176 Å². The van der Waals surface area contributed by atoms with Gasteiger partial charge < -0.3 is 13.7 Å². The summed E-state index contributed by atoms with van der Waals surface area (Å²) in [5.41, 5.74) is 12.9. The standard InChI is InChI=1S/C50H29N5/c51-30-32-21-27-47-42(28-32)40-13-4-8-18-46(40)55(47)49-29-33(31-52)20-26-36(49)34-22-24-35(25-23-34)53-43-15-5-3-12-39(43)41-14-9-19-48(50(41)53)54-44-16-6-1-10-37(44)38-11-2-7-17-45(38)54/h1-29H. The van der Waals surface area contributed by atoms with E-state index in [9.17, 15) is 10.5 Å². The van der Waals surface area contributed by atoms with Crippen molar-refractivity contribution in [1.82, 2.24) is 13.7 Å². The van der Waals surface area contributed by atoms with Gasteiger partial charge in [0, 0.05) is 43.6 Å². The van der Waals surface area contributed by atoms with Gasteiger partial charge >= 0.3 is 0 Å². The van der Waals surface area contributed by atoms with Gasteiger partial charge in [0.15, 0.2) is 0 Å². The first kappa shape index (κ1) is 30.7. The minimum atomic E-state index is 0.581. The molecule has 0 atom stereocenters. The molecule has 0 N–H and O–H groups in total. The fraction of sp³-hybridized carbons (Fsp3) is 0. The zero-order valence-electron chi connectivity index (χ0n) is 29.5. The first-order valence-corrected chi connectivity index (χ1v) is 18.3. The van der Waals surface area contributed by atoms with Gasteiger partial charge in [-0.25, -0.2) is 0 Å². The van der Waals surface area contributed by atoms with Crippen LogP contribution in [0.4, 0.5) is 0 Å². The average Bonchev–Trinajstić information content (AvgIpc) is 3.89. The van der Waals surface area contributed by atoms with Crippen LogP contribution in [-0.4, -0.2) is 13.7 Å². The van der Waals surface area contributed by atoms with Crippen molar-refractivity contribution in [3.63, 3.8) is 0 Å². The Labute approximate surface area is 316 Å². The fourth-order valence-corrected chi connectivity index (χ4v) is 8.75. The van der Waals surface area contributed by atoms with Crippen molar-refractivity contribution in [3.05, 3.63) is 187 Å². The van der Waals surface area contributed by atoms with Gasteiger partial charge in [0.25, 0.3) is 0 Å². The number of hydrogen-bond acceptors (Lipinski definition) is 2. The normalized spacial score (nSPS) is 11.6. The molecule has 0 bridgehead atoms. The maximum Gasteiger partial charge on any atom is 0.0992 e. The van der Waals surface area contributed by atoms with E-state index in [2.05, 4.69) is 153 Å². The maximum atomic E-state index is 10.0. The van der Waals surface area contributed by atoms with Crippen molar-refractivity contribution in [1.29, 1.82) is 10.5 Å². The summed E-state index contributed by atoms with van der Waals surface area (Å²) in [4.78, 5) is 0. The monoisotopic (exact) mass is 699 g/mol. The van der Waals surface area contributed by atoms with Crippen molar-refractivity contribution < 1.29 is 0 Å². The largest absolute Gasteiger partial charge is 0.309 e. The number of nitrogens with zero attached hydrogens (tertiary/aromatic N) is 5. The van der Waals surface area contributed by atoms with E-state index in [0.717, 1.165) is 61.0 Å². The molecular formula is C50H29N5. The van der Waals surface area contributed by atoms with Crippen molar-refractivity contribution >= 4 is 65.4 Å². The minimum absolute atomic E-state index is 0.581. The van der Waals surface area contributed by atoms with E-state index in [0.29, 0.717) is 11.1 Å². The summed E-state index contributed by atoms with van der Waals surface area (Å²) >= 11 is 0. The van der Waals surface area contributed by atoms with Crippen LogP contribution >= 0.6 is 0 Å². The predicted octanol–water partition coefficient (Wildman–Crippen LogP) is 12.4. The van der Waals surface area contributed by atoms with Gasteiger partial charge in [-0.3, -0.25) is 0 Å². The van der Waals surface area contributed by atoms with Gasteiger partial charge in [0.2, 0.25) is 0 Å². The molecule has 0 spiro atoms. The van der Waals surface area contributed by atoms with E-state index < -0.39 is 0 Å². The zero-order valence-corrected chi connectivity index (χ0v) is 29.5. The third-order valence-corrected chi connectivity index (χ3v) is 11.1. The molecule has 0 radical (unpaired) electrons. The van der Waals surface area contributed by atoms with E-state index in [1.54, 1.807) is 0 Å². The smallest absolute Gasteiger partial charge is 0.0992 e. The first-order valence-electron chi connectivity index (χ1n) is 18.3. The number of aromatic nitrogens is 3. The van der Waals surface area contributed by atoms with Crippen molar-refractivity contribution in [2.75, 3.05) is 0 Å². The molecule has 0 aliphatic carbocycles. The van der Waals surface area contributed by atoms with Crippen LogP contribution in [-0.2, 0) is 0 Å². The van der Waals surface area contributed by atoms with Crippen LogP contribution in [0.2, 0.25) is 0 Å². The molecule has 0 aliphatic rings. The lowest BCUT2D eigenvalue weighted by atomic mass is 10.0. The van der Waals surface area contributed by atoms with Gasteiger partial charge in [-0.15, -0.1) is 0 Å². The molecule has 3 aromatic heterocycles. The molecule has 5 heteroatoms. The number of rotatable bonds is 4. The topological polar surface area (TPSA) is 62.4 Å². The van der Waals surface area contributed by atoms with Crippen LogP contribution in [0.25, 0.3) is 93.6 Å². The van der Waals surface area contributed by atoms with E-state index in [4.69, 9.17) is 0 Å². The highest BCUT2D eigenvalue weighted by Crippen LogP contribution is 2.41. The van der Waals surface area contributed by atoms with Crippen molar-refractivity contribution in [3.8, 4) is 40.3 Å². The molecule has 0 fully saturated rings. The Hall–Kier alpha value is -7.86. The second kappa shape index (κ2) is 11.8. The third-order valence-electron chi connectivity index (χ3n) is 11.1. The Morgan fingerprint density at radius 3 is 1.44 bits per heavy atom. The zero-order chi connectivity index (χ0) is 36.6. The molecular weight excluding hydrogens is 671 g/mol. The number of fused-ring (bicyclic) bond motifs is 9. The van der Waals surface area contributed by atoms with E-state index >= 15 is 0 Å². The summed E-state index contributed by atoms with van der Waals surface area (Å²) in [6.07, 6.45) is 0. The van der Waals surface area contributed by atoms with Gasteiger partial charge in [0.1, 0.15) is 0 Å². The molecule has 0 saturated heterocycles. The van der Waals surface area contributed by atoms with Crippen LogP contribution in [0.1, 0.15) is 11.1 Å². The Morgan fingerprint density at radius 2 is 0.818 bits per heavy atom. The summed E-state index contributed by atoms with van der Waals surface area (Å²) in [6, 6.07) is 66.0. The van der Waals surface area contributed by atoms with Crippen molar-refractivity contribution in [2.45, 2.75) is 0 Å². The molecule has 11 rings (SSSR count). The van der Waals surface area contributed by atoms with Gasteiger partial charge in [-0.05, 0) is 78.4 Å². The highest BCUT2D eigenvalue weighted by atomic mass is 15.1. The lowest BCUT2D eigenvalue weighted by Gasteiger charge is -2.16. The number of hydrogen-bond donors (Lipinski definition) is 0. The molecule has 5 nitrogen and oxygen atoms in total. The second-order valence-corrected chi connectivity index (χ2v) is 14.0. The van der Waals surface area contributed by atoms with Gasteiger partial charge in [-0.1, -0.05) is 103 Å². The van der Waals surface area contributed by atoms with E-state index in [1.165, 1.54) is 32.6 Å².